The average molecular weight is 366 g/mol. The lowest BCUT2D eigenvalue weighted by Crippen LogP contribution is -3.10. The fourth-order valence-corrected chi connectivity index (χ4v) is 3.11. The van der Waals surface area contributed by atoms with Gasteiger partial charge in [0.05, 0.1) is 20.2 Å². The average Bonchev–Trinajstić information content (AvgIpc) is 3.01. The van der Waals surface area contributed by atoms with Crippen LogP contribution in [0.25, 0.3) is 11.2 Å². The van der Waals surface area contributed by atoms with Gasteiger partial charge in [-0.25, -0.2) is 14.6 Å². The molecule has 0 aromatic carbocycles. The SMILES string of the molecule is CCCC[NH+](CC)Cc1nc2c(c(=O)[nH]c(=O)n2C)n1[C@@H](C)C(=O)OC. The molecule has 0 radical (unpaired) electrons. The number of carbonyl (C=O) groups is 1. The molecule has 2 aromatic heterocycles. The van der Waals surface area contributed by atoms with Crippen molar-refractivity contribution >= 4 is 17.1 Å². The highest BCUT2D eigenvalue weighted by Crippen LogP contribution is 2.18. The van der Waals surface area contributed by atoms with Crippen molar-refractivity contribution in [3.8, 4) is 0 Å². The maximum atomic E-state index is 12.4. The minimum atomic E-state index is -0.720. The van der Waals surface area contributed by atoms with Crippen LogP contribution in [-0.2, 0) is 23.1 Å². The maximum Gasteiger partial charge on any atom is 0.329 e. The molecule has 0 saturated carbocycles. The van der Waals surface area contributed by atoms with Gasteiger partial charge in [0, 0.05) is 7.05 Å². The van der Waals surface area contributed by atoms with Gasteiger partial charge in [-0.2, -0.15) is 0 Å². The first-order chi connectivity index (χ1) is 12.3. The third kappa shape index (κ3) is 3.72. The van der Waals surface area contributed by atoms with E-state index >= 15 is 0 Å². The van der Waals surface area contributed by atoms with Crippen LogP contribution in [0.15, 0.2) is 9.59 Å². The van der Waals surface area contributed by atoms with E-state index in [1.807, 2.05) is 0 Å². The van der Waals surface area contributed by atoms with E-state index in [0.29, 0.717) is 12.4 Å². The molecule has 0 bridgehead atoms. The number of nitrogens with zero attached hydrogens (tertiary/aromatic N) is 3. The summed E-state index contributed by atoms with van der Waals surface area (Å²) in [4.78, 5) is 44.6. The van der Waals surface area contributed by atoms with Crippen LogP contribution in [0.5, 0.6) is 0 Å². The van der Waals surface area contributed by atoms with Crippen molar-refractivity contribution in [2.75, 3.05) is 20.2 Å². The molecular formula is C17H28N5O4+. The predicted molar refractivity (Wildman–Crippen MR) is 97.3 cm³/mol. The minimum Gasteiger partial charge on any atom is -0.467 e. The van der Waals surface area contributed by atoms with E-state index in [0.717, 1.165) is 25.9 Å². The monoisotopic (exact) mass is 366 g/mol. The Morgan fingerprint density at radius 2 is 2.04 bits per heavy atom. The van der Waals surface area contributed by atoms with Gasteiger partial charge in [-0.1, -0.05) is 13.3 Å². The van der Waals surface area contributed by atoms with E-state index in [-0.39, 0.29) is 11.2 Å². The number of esters is 1. The Kier molecular flexibility index (Phi) is 6.36. The van der Waals surface area contributed by atoms with Crippen molar-refractivity contribution in [1.82, 2.24) is 19.1 Å². The van der Waals surface area contributed by atoms with Crippen molar-refractivity contribution in [3.05, 3.63) is 26.7 Å². The minimum absolute atomic E-state index is 0.214. The lowest BCUT2D eigenvalue weighted by Gasteiger charge is -2.19. The van der Waals surface area contributed by atoms with Crippen LogP contribution in [0.4, 0.5) is 0 Å². The number of hydrogen-bond donors (Lipinski definition) is 2. The molecule has 2 atom stereocenters. The number of carbonyl (C=O) groups excluding carboxylic acids is 1. The van der Waals surface area contributed by atoms with Gasteiger partial charge in [-0.05, 0) is 20.3 Å². The van der Waals surface area contributed by atoms with Gasteiger partial charge in [-0.15, -0.1) is 0 Å². The number of aromatic amines is 1. The molecule has 2 N–H and O–H groups in total. The van der Waals surface area contributed by atoms with E-state index < -0.39 is 23.3 Å². The van der Waals surface area contributed by atoms with Crippen LogP contribution in [0.2, 0.25) is 0 Å². The van der Waals surface area contributed by atoms with Crippen LogP contribution < -0.4 is 16.1 Å². The molecule has 144 valence electrons. The fourth-order valence-electron chi connectivity index (χ4n) is 3.11. The summed E-state index contributed by atoms with van der Waals surface area (Å²) in [5.74, 6) is 0.128. The quantitative estimate of drug-likeness (QED) is 0.605. The van der Waals surface area contributed by atoms with Crippen LogP contribution in [-0.4, -0.2) is 45.3 Å². The van der Waals surface area contributed by atoms with Gasteiger partial charge in [0.15, 0.2) is 17.0 Å². The van der Waals surface area contributed by atoms with Gasteiger partial charge in [0.1, 0.15) is 12.6 Å². The predicted octanol–water partition coefficient (Wildman–Crippen LogP) is -0.638. The van der Waals surface area contributed by atoms with Crippen LogP contribution in [0, 0.1) is 0 Å². The van der Waals surface area contributed by atoms with Gasteiger partial charge in [0.2, 0.25) is 0 Å². The number of unbranched alkanes of at least 4 members (excludes halogenated alkanes) is 1. The van der Waals surface area contributed by atoms with Crippen LogP contribution in [0.1, 0.15) is 45.5 Å². The highest BCUT2D eigenvalue weighted by molar-refractivity contribution is 5.78. The third-order valence-electron chi connectivity index (χ3n) is 4.75. The summed E-state index contributed by atoms with van der Waals surface area (Å²) in [7, 11) is 2.86. The number of H-pyrrole nitrogens is 1. The first-order valence-electron chi connectivity index (χ1n) is 8.97. The van der Waals surface area contributed by atoms with Crippen molar-refractivity contribution in [2.24, 2.45) is 7.05 Å². The standard InChI is InChI=1S/C17H27N5O4/c1-6-8-9-21(7-2)10-12-18-14-13(15(23)19-17(25)20(14)4)22(12)11(3)16(24)26-5/h11H,6-10H2,1-5H3,(H,19,23,25)/p+1/t11-/m0/s1. The lowest BCUT2D eigenvalue weighted by atomic mass is 10.3. The zero-order chi connectivity index (χ0) is 19.4. The Hall–Kier alpha value is -2.42. The molecule has 0 aliphatic rings. The van der Waals surface area contributed by atoms with Crippen molar-refractivity contribution in [1.29, 1.82) is 0 Å². The number of fused-ring (bicyclic) bond motifs is 1. The number of nitrogens with one attached hydrogen (secondary N) is 2. The van der Waals surface area contributed by atoms with E-state index in [4.69, 9.17) is 4.74 Å². The third-order valence-corrected chi connectivity index (χ3v) is 4.75. The number of quaternary nitrogens is 1. The molecule has 0 saturated heterocycles. The molecule has 1 unspecified atom stereocenters. The van der Waals surface area contributed by atoms with E-state index in [1.165, 1.54) is 16.6 Å². The zero-order valence-electron chi connectivity index (χ0n) is 16.1. The molecule has 2 heterocycles. The summed E-state index contributed by atoms with van der Waals surface area (Å²) in [5.41, 5.74) is -0.597. The molecule has 0 aliphatic carbocycles. The van der Waals surface area contributed by atoms with Crippen LogP contribution in [0.3, 0.4) is 0 Å². The molecule has 9 nitrogen and oxygen atoms in total. The smallest absolute Gasteiger partial charge is 0.329 e. The normalized spacial score (nSPS) is 13.7. The zero-order valence-corrected chi connectivity index (χ0v) is 16.1. The number of hydrogen-bond acceptors (Lipinski definition) is 5. The number of aryl methyl sites for hydroxylation is 1. The van der Waals surface area contributed by atoms with Gasteiger partial charge >= 0.3 is 11.7 Å². The number of imidazole rings is 1. The topological polar surface area (TPSA) is 103 Å². The highest BCUT2D eigenvalue weighted by Gasteiger charge is 2.27. The Bertz CT molecular complexity index is 895. The Balaban J connectivity index is 2.66. The Labute approximate surface area is 151 Å². The molecular weight excluding hydrogens is 338 g/mol. The first kappa shape index (κ1) is 19.9. The van der Waals surface area contributed by atoms with Gasteiger partial charge in [-0.3, -0.25) is 14.3 Å². The lowest BCUT2D eigenvalue weighted by molar-refractivity contribution is -0.913. The Morgan fingerprint density at radius 1 is 1.35 bits per heavy atom. The summed E-state index contributed by atoms with van der Waals surface area (Å²) >= 11 is 0. The van der Waals surface area contributed by atoms with E-state index in [1.54, 1.807) is 18.5 Å². The molecule has 26 heavy (non-hydrogen) atoms. The number of methoxy groups -OCH3 is 1. The largest absolute Gasteiger partial charge is 0.467 e. The molecule has 2 aromatic rings. The Morgan fingerprint density at radius 3 is 2.62 bits per heavy atom. The molecule has 0 amide bonds. The molecule has 0 spiro atoms. The van der Waals surface area contributed by atoms with Crippen molar-refractivity contribution in [2.45, 2.75) is 46.2 Å². The first-order valence-corrected chi connectivity index (χ1v) is 8.97. The number of aromatic nitrogens is 4. The fraction of sp³-hybridized carbons (Fsp3) is 0.647. The summed E-state index contributed by atoms with van der Waals surface area (Å²) in [6.45, 7) is 8.31. The molecule has 9 heteroatoms. The second-order valence-electron chi connectivity index (χ2n) is 6.47. The second kappa shape index (κ2) is 8.31. The summed E-state index contributed by atoms with van der Waals surface area (Å²) in [6.07, 6.45) is 2.17. The summed E-state index contributed by atoms with van der Waals surface area (Å²) in [5, 5.41) is 0. The summed E-state index contributed by atoms with van der Waals surface area (Å²) < 4.78 is 7.74. The molecule has 0 aliphatic heterocycles. The number of rotatable bonds is 8. The van der Waals surface area contributed by atoms with Crippen LogP contribution >= 0.6 is 0 Å². The van der Waals surface area contributed by atoms with E-state index in [9.17, 15) is 14.4 Å². The van der Waals surface area contributed by atoms with Gasteiger partial charge in [0.25, 0.3) is 5.56 Å². The van der Waals surface area contributed by atoms with Crippen molar-refractivity contribution < 1.29 is 14.4 Å². The van der Waals surface area contributed by atoms with Crippen molar-refractivity contribution in [3.63, 3.8) is 0 Å². The second-order valence-corrected chi connectivity index (χ2v) is 6.47. The van der Waals surface area contributed by atoms with E-state index in [2.05, 4.69) is 23.8 Å². The summed E-state index contributed by atoms with van der Waals surface area (Å²) in [6, 6.07) is -0.720. The number of ether oxygens (including phenoxy) is 1. The molecule has 0 fully saturated rings. The molecule has 2 rings (SSSR count). The van der Waals surface area contributed by atoms with Gasteiger partial charge < -0.3 is 14.2 Å². The maximum absolute atomic E-state index is 12.4. The highest BCUT2D eigenvalue weighted by atomic mass is 16.5.